The number of piperazine rings is 1. The molecule has 3 saturated heterocycles. The highest BCUT2D eigenvalue weighted by Gasteiger charge is 2.47. The van der Waals surface area contributed by atoms with E-state index in [0.717, 1.165) is 77.2 Å². The lowest BCUT2D eigenvalue weighted by atomic mass is 9.68. The maximum atomic E-state index is 16.3. The molecular weight excluding hydrogens is 618 g/mol. The molecule has 2 atom stereocenters. The number of aromatic nitrogens is 3. The van der Waals surface area contributed by atoms with Crippen molar-refractivity contribution >= 4 is 23.3 Å². The van der Waals surface area contributed by atoms with Crippen molar-refractivity contribution in [1.29, 1.82) is 0 Å². The maximum absolute atomic E-state index is 16.3. The largest absolute Gasteiger partial charge is 0.381 e. The number of carbonyl (C=O) groups is 2. The van der Waals surface area contributed by atoms with Crippen LogP contribution in [-0.4, -0.2) is 99.8 Å². The van der Waals surface area contributed by atoms with E-state index in [1.165, 1.54) is 29.8 Å². The molecule has 2 aromatic heterocycles. The van der Waals surface area contributed by atoms with Gasteiger partial charge in [0, 0.05) is 43.2 Å². The van der Waals surface area contributed by atoms with Crippen molar-refractivity contribution < 1.29 is 23.1 Å². The monoisotopic (exact) mass is 664 g/mol. The quantitative estimate of drug-likeness (QED) is 0.375. The third kappa shape index (κ3) is 6.51. The second kappa shape index (κ2) is 14.0. The van der Waals surface area contributed by atoms with Crippen LogP contribution in [0.5, 0.6) is 0 Å². The minimum atomic E-state index is -0.600. The molecule has 2 amide bonds. The Hall–Kier alpha value is -3.68. The van der Waals surface area contributed by atoms with Crippen LogP contribution in [0.4, 0.5) is 14.6 Å². The van der Waals surface area contributed by atoms with Crippen LogP contribution in [0.2, 0.25) is 0 Å². The van der Waals surface area contributed by atoms with Gasteiger partial charge in [0.15, 0.2) is 17.3 Å². The van der Waals surface area contributed by atoms with Gasteiger partial charge in [-0.05, 0) is 43.5 Å². The molecule has 0 bridgehead atoms. The smallest absolute Gasteiger partial charge is 0.259 e. The lowest BCUT2D eigenvalue weighted by Gasteiger charge is -2.50. The number of anilines is 1. The number of hydrogen-bond acceptors (Lipinski definition) is 8. The third-order valence-electron chi connectivity index (χ3n) is 11.0. The first-order valence-electron chi connectivity index (χ1n) is 17.6. The zero-order chi connectivity index (χ0) is 33.3. The molecule has 48 heavy (non-hydrogen) atoms. The molecule has 3 aliphatic heterocycles. The Balaban J connectivity index is 1.17. The van der Waals surface area contributed by atoms with Crippen LogP contribution in [0.3, 0.4) is 0 Å². The molecule has 1 spiro atoms. The molecule has 4 N–H and O–H groups in total. The number of nitrogen functional groups attached to an aromatic ring is 1. The molecule has 0 radical (unpaired) electrons. The standard InChI is InChI=1S/C35H46F2N8O3/c36-24-19-39-32-29(31(38)42-45(32)20-24)33(46)41-30-27(10-13-40-35(30)11-6-4-2-1-3-5-7-12-35)26-9-8-23(18-28(26)37)34(47)44-16-14-43(15-17-44)25-21-48-22-25/h8-9,18-20,25,27,30,40H,1-7,10-17,21-22H2,(H2,38,42)(H,41,46). The normalized spacial score (nSPS) is 24.3. The molecular formula is C35H46F2N8O3. The van der Waals surface area contributed by atoms with Crippen LogP contribution < -0.4 is 16.4 Å². The SMILES string of the molecule is Nc1nn2cc(F)cnc2c1C(=O)NC1C(c2ccc(C(=O)N3CCN(C4COC4)CC3)cc2F)CCNC12CCCCCCCCC2. The predicted octanol–water partition coefficient (Wildman–Crippen LogP) is 3.89. The van der Waals surface area contributed by atoms with Gasteiger partial charge in [-0.3, -0.25) is 14.5 Å². The van der Waals surface area contributed by atoms with Gasteiger partial charge in [-0.2, -0.15) is 0 Å². The van der Waals surface area contributed by atoms with Crippen molar-refractivity contribution in [3.05, 3.63) is 58.9 Å². The number of hydrogen-bond donors (Lipinski definition) is 3. The number of benzene rings is 1. The number of halogens is 2. The number of amides is 2. The molecule has 258 valence electrons. The zero-order valence-corrected chi connectivity index (χ0v) is 27.4. The van der Waals surface area contributed by atoms with Crippen molar-refractivity contribution in [2.75, 3.05) is 51.7 Å². The Morgan fingerprint density at radius 1 is 1.00 bits per heavy atom. The van der Waals surface area contributed by atoms with Gasteiger partial charge in [0.2, 0.25) is 0 Å². The molecule has 13 heteroatoms. The van der Waals surface area contributed by atoms with E-state index < -0.39 is 29.1 Å². The van der Waals surface area contributed by atoms with Crippen molar-refractivity contribution in [3.63, 3.8) is 0 Å². The van der Waals surface area contributed by atoms with Crippen LogP contribution in [0.15, 0.2) is 30.6 Å². The number of piperidine rings is 1. The summed E-state index contributed by atoms with van der Waals surface area (Å²) in [5, 5.41) is 11.2. The fourth-order valence-electron chi connectivity index (χ4n) is 8.32. The van der Waals surface area contributed by atoms with E-state index in [2.05, 4.69) is 25.6 Å². The fraction of sp³-hybridized carbons (Fsp3) is 0.600. The fourth-order valence-corrected chi connectivity index (χ4v) is 8.32. The molecule has 4 fully saturated rings. The summed E-state index contributed by atoms with van der Waals surface area (Å²) < 4.78 is 36.7. The number of carbonyl (C=O) groups excluding carboxylic acids is 2. The Morgan fingerprint density at radius 2 is 1.71 bits per heavy atom. The first kappa shape index (κ1) is 32.8. The summed E-state index contributed by atoms with van der Waals surface area (Å²) in [6, 6.07) is 4.78. The Kier molecular flexibility index (Phi) is 9.61. The number of ether oxygens (including phenoxy) is 1. The third-order valence-corrected chi connectivity index (χ3v) is 11.0. The summed E-state index contributed by atoms with van der Waals surface area (Å²) in [5.41, 5.74) is 6.76. The van der Waals surface area contributed by atoms with E-state index in [4.69, 9.17) is 10.5 Å². The molecule has 3 aromatic rings. The summed E-state index contributed by atoms with van der Waals surface area (Å²) in [6.45, 7) is 4.90. The van der Waals surface area contributed by atoms with Gasteiger partial charge in [0.25, 0.3) is 11.8 Å². The van der Waals surface area contributed by atoms with E-state index in [-0.39, 0.29) is 28.9 Å². The van der Waals surface area contributed by atoms with E-state index in [0.29, 0.717) is 43.2 Å². The first-order valence-corrected chi connectivity index (χ1v) is 17.6. The Morgan fingerprint density at radius 3 is 2.38 bits per heavy atom. The summed E-state index contributed by atoms with van der Waals surface area (Å²) in [5.74, 6) is -2.10. The average molecular weight is 665 g/mol. The van der Waals surface area contributed by atoms with Crippen LogP contribution in [-0.2, 0) is 4.74 Å². The van der Waals surface area contributed by atoms with Gasteiger partial charge in [-0.25, -0.2) is 18.3 Å². The predicted molar refractivity (Wildman–Crippen MR) is 177 cm³/mol. The summed E-state index contributed by atoms with van der Waals surface area (Å²) in [7, 11) is 0. The van der Waals surface area contributed by atoms with Crippen molar-refractivity contribution in [3.8, 4) is 0 Å². The number of nitrogens with one attached hydrogen (secondary N) is 2. The van der Waals surface area contributed by atoms with Crippen molar-refractivity contribution in [2.45, 2.75) is 87.7 Å². The second-order valence-electron chi connectivity index (χ2n) is 14.0. The second-order valence-corrected chi connectivity index (χ2v) is 14.0. The van der Waals surface area contributed by atoms with Crippen LogP contribution in [0, 0.1) is 11.6 Å². The lowest BCUT2D eigenvalue weighted by molar-refractivity contribution is -0.0746. The van der Waals surface area contributed by atoms with Gasteiger partial charge in [-0.1, -0.05) is 51.0 Å². The molecule has 11 nitrogen and oxygen atoms in total. The molecule has 1 saturated carbocycles. The highest BCUT2D eigenvalue weighted by molar-refractivity contribution is 6.04. The minimum absolute atomic E-state index is 0.0539. The molecule has 7 rings (SSSR count). The average Bonchev–Trinajstić information content (AvgIpc) is 3.39. The number of nitrogens with two attached hydrogens (primary N) is 1. The minimum Gasteiger partial charge on any atom is -0.381 e. The highest BCUT2D eigenvalue weighted by atomic mass is 19.1. The van der Waals surface area contributed by atoms with Crippen molar-refractivity contribution in [1.82, 2.24) is 35.0 Å². The van der Waals surface area contributed by atoms with Gasteiger partial charge >= 0.3 is 0 Å². The maximum Gasteiger partial charge on any atom is 0.259 e. The van der Waals surface area contributed by atoms with Crippen LogP contribution >= 0.6 is 0 Å². The molecule has 2 unspecified atom stereocenters. The van der Waals surface area contributed by atoms with Crippen molar-refractivity contribution in [2.24, 2.45) is 0 Å². The van der Waals surface area contributed by atoms with Crippen LogP contribution in [0.1, 0.15) is 96.4 Å². The van der Waals surface area contributed by atoms with Gasteiger partial charge in [-0.15, -0.1) is 5.10 Å². The summed E-state index contributed by atoms with van der Waals surface area (Å²) >= 11 is 0. The van der Waals surface area contributed by atoms with Crippen LogP contribution in [0.25, 0.3) is 5.65 Å². The van der Waals surface area contributed by atoms with E-state index >= 15 is 4.39 Å². The topological polar surface area (TPSA) is 130 Å². The number of fused-ring (bicyclic) bond motifs is 1. The van der Waals surface area contributed by atoms with Gasteiger partial charge < -0.3 is 26.0 Å². The summed E-state index contributed by atoms with van der Waals surface area (Å²) in [6.07, 6.45) is 12.2. The molecule has 1 aromatic carbocycles. The summed E-state index contributed by atoms with van der Waals surface area (Å²) in [4.78, 5) is 35.8. The highest BCUT2D eigenvalue weighted by Crippen LogP contribution is 2.41. The first-order chi connectivity index (χ1) is 23.3. The van der Waals surface area contributed by atoms with E-state index in [1.807, 2.05) is 0 Å². The lowest BCUT2D eigenvalue weighted by Crippen LogP contribution is -2.66. The number of rotatable bonds is 5. The van der Waals surface area contributed by atoms with Gasteiger partial charge in [0.05, 0.1) is 37.7 Å². The molecule has 4 aliphatic rings. The van der Waals surface area contributed by atoms with E-state index in [9.17, 15) is 14.0 Å². The number of nitrogens with zero attached hydrogens (tertiary/aromatic N) is 5. The zero-order valence-electron chi connectivity index (χ0n) is 27.4. The molecule has 5 heterocycles. The Bertz CT molecular complexity index is 1630. The van der Waals surface area contributed by atoms with E-state index in [1.54, 1.807) is 17.0 Å². The molecule has 1 aliphatic carbocycles. The van der Waals surface area contributed by atoms with Gasteiger partial charge in [0.1, 0.15) is 11.4 Å². The Labute approximate surface area is 279 Å².